The first kappa shape index (κ1) is 46.8. The first-order valence-corrected chi connectivity index (χ1v) is 22.5. The topological polar surface area (TPSA) is 195 Å². The van der Waals surface area contributed by atoms with Crippen molar-refractivity contribution in [3.63, 3.8) is 0 Å². The van der Waals surface area contributed by atoms with E-state index in [0.717, 1.165) is 50.2 Å². The summed E-state index contributed by atoms with van der Waals surface area (Å²) in [5, 5.41) is 19.3. The molecule has 0 aliphatic heterocycles. The molecule has 14 nitrogen and oxygen atoms in total. The molecule has 2 heterocycles. The quantitative estimate of drug-likeness (QED) is 0.0261. The second-order valence-electron chi connectivity index (χ2n) is 15.9. The number of aryl methyl sites for hydroxylation is 3. The first-order valence-electron chi connectivity index (χ1n) is 21.7. The number of pyridine rings is 1. The minimum absolute atomic E-state index is 0.0761. The fourth-order valence-corrected chi connectivity index (χ4v) is 9.00. The first-order chi connectivity index (χ1) is 32.0. The van der Waals surface area contributed by atoms with Crippen molar-refractivity contribution in [2.24, 2.45) is 12.8 Å². The minimum atomic E-state index is -1.17. The number of benzene rings is 5. The third-order valence-corrected chi connectivity index (χ3v) is 12.6. The van der Waals surface area contributed by atoms with Crippen LogP contribution >= 0.6 is 11.9 Å². The van der Waals surface area contributed by atoms with Gasteiger partial charge < -0.3 is 36.1 Å². The van der Waals surface area contributed by atoms with Crippen LogP contribution in [0.5, 0.6) is 5.75 Å². The third kappa shape index (κ3) is 10.5. The number of nitrogens with one attached hydrogen (secondary N) is 4. The van der Waals surface area contributed by atoms with E-state index in [9.17, 15) is 24.3 Å². The number of nitrogens with two attached hydrogens (primary N) is 1. The Morgan fingerprint density at radius 3 is 2.08 bits per heavy atom. The Labute approximate surface area is 387 Å². The monoisotopic (exact) mass is 906 g/mol. The van der Waals surface area contributed by atoms with Crippen molar-refractivity contribution in [2.45, 2.75) is 49.7 Å². The van der Waals surface area contributed by atoms with Crippen LogP contribution in [-0.4, -0.2) is 69.3 Å². The van der Waals surface area contributed by atoms with Gasteiger partial charge in [0.15, 0.2) is 0 Å². The molecular weight excluding hydrogens is 853 g/mol. The molecule has 0 bridgehead atoms. The van der Waals surface area contributed by atoms with Crippen molar-refractivity contribution in [2.75, 3.05) is 31.6 Å². The van der Waals surface area contributed by atoms with Crippen molar-refractivity contribution in [1.29, 1.82) is 0 Å². The lowest BCUT2D eigenvalue weighted by molar-refractivity contribution is -0.138. The molecule has 0 aliphatic carbocycles. The van der Waals surface area contributed by atoms with Crippen LogP contribution in [0.1, 0.15) is 56.6 Å². The molecule has 1 unspecified atom stereocenters. The number of ether oxygens (including phenoxy) is 1. The van der Waals surface area contributed by atoms with E-state index in [1.54, 1.807) is 23.9 Å². The summed E-state index contributed by atoms with van der Waals surface area (Å²) in [4.78, 5) is 57.1. The van der Waals surface area contributed by atoms with Crippen molar-refractivity contribution < 1.29 is 24.2 Å². The maximum atomic E-state index is 13.8. The van der Waals surface area contributed by atoms with E-state index in [2.05, 4.69) is 61.6 Å². The summed E-state index contributed by atoms with van der Waals surface area (Å²) in [7, 11) is 1.76. The van der Waals surface area contributed by atoms with Crippen molar-refractivity contribution in [3.8, 4) is 5.75 Å². The van der Waals surface area contributed by atoms with Crippen molar-refractivity contribution >= 4 is 46.6 Å². The van der Waals surface area contributed by atoms with Gasteiger partial charge in [-0.2, -0.15) is 0 Å². The molecule has 340 valence electrons. The lowest BCUT2D eigenvalue weighted by Gasteiger charge is -2.38. The number of carboxylic acid groups (broad SMARTS) is 1. The van der Waals surface area contributed by atoms with Gasteiger partial charge in [-0.05, 0) is 89.9 Å². The van der Waals surface area contributed by atoms with Gasteiger partial charge in [-0.1, -0.05) is 97.1 Å². The summed E-state index contributed by atoms with van der Waals surface area (Å²) < 4.78 is 12.7. The lowest BCUT2D eigenvalue weighted by Crippen LogP contribution is -2.44. The van der Waals surface area contributed by atoms with E-state index >= 15 is 0 Å². The fraction of sp³-hybridized carbons (Fsp3) is 0.235. The molecule has 7 N–H and O–H groups in total. The third-order valence-electron chi connectivity index (χ3n) is 11.3. The van der Waals surface area contributed by atoms with Crippen LogP contribution < -0.4 is 36.6 Å². The predicted octanol–water partition coefficient (Wildman–Crippen LogP) is 6.52. The molecule has 7 aromatic rings. The van der Waals surface area contributed by atoms with E-state index in [0.29, 0.717) is 61.7 Å². The number of aliphatic carboxylic acids is 1. The van der Waals surface area contributed by atoms with Gasteiger partial charge in [0.2, 0.25) is 17.3 Å². The number of amides is 2. The molecule has 2 aromatic heterocycles. The Morgan fingerprint density at radius 1 is 0.864 bits per heavy atom. The molecule has 7 rings (SSSR count). The number of imidazole rings is 1. The highest BCUT2D eigenvalue weighted by molar-refractivity contribution is 7.97. The number of nitrogens with zero attached hydrogens (tertiary/aromatic N) is 3. The van der Waals surface area contributed by atoms with Crippen LogP contribution in [0.3, 0.4) is 0 Å². The SMILES string of the molecule is Cc1cc(OCCCC(=O)NCCN)cc(C)c1SNC(CNC(=O)c1cn(C)c2cc(CNc3nccn3C(c3ccccc3)(c3ccccc3)c3ccccc3)ccc2c1=O)C(=O)O. The maximum Gasteiger partial charge on any atom is 0.323 e. The van der Waals surface area contributed by atoms with E-state index in [4.69, 9.17) is 15.5 Å². The zero-order valence-electron chi connectivity index (χ0n) is 37.1. The molecule has 0 saturated carbocycles. The second kappa shape index (κ2) is 21.7. The van der Waals surface area contributed by atoms with Crippen LogP contribution in [0.2, 0.25) is 0 Å². The van der Waals surface area contributed by atoms with Gasteiger partial charge in [0.25, 0.3) is 5.91 Å². The molecule has 0 spiro atoms. The van der Waals surface area contributed by atoms with Gasteiger partial charge in [-0.25, -0.2) is 9.71 Å². The van der Waals surface area contributed by atoms with E-state index < -0.39 is 28.9 Å². The van der Waals surface area contributed by atoms with Crippen LogP contribution in [0, 0.1) is 13.8 Å². The maximum absolute atomic E-state index is 13.8. The molecule has 1 atom stereocenters. The predicted molar refractivity (Wildman–Crippen MR) is 259 cm³/mol. The number of anilines is 1. The zero-order valence-corrected chi connectivity index (χ0v) is 37.9. The average molecular weight is 907 g/mol. The van der Waals surface area contributed by atoms with Crippen LogP contribution in [-0.2, 0) is 28.7 Å². The van der Waals surface area contributed by atoms with Gasteiger partial charge in [-0.15, -0.1) is 0 Å². The highest BCUT2D eigenvalue weighted by atomic mass is 32.2. The molecule has 0 aliphatic rings. The second-order valence-corrected chi connectivity index (χ2v) is 16.8. The summed E-state index contributed by atoms with van der Waals surface area (Å²) in [6, 6.07) is 39.0. The Balaban J connectivity index is 1.02. The molecule has 66 heavy (non-hydrogen) atoms. The van der Waals surface area contributed by atoms with Crippen molar-refractivity contribution in [3.05, 3.63) is 189 Å². The van der Waals surface area contributed by atoms with Gasteiger partial charge in [0, 0.05) is 68.5 Å². The smallest absolute Gasteiger partial charge is 0.323 e. The number of carbonyl (C=O) groups excluding carboxylic acids is 2. The number of carboxylic acids is 1. The van der Waals surface area contributed by atoms with Gasteiger partial charge in [-0.3, -0.25) is 23.7 Å². The van der Waals surface area contributed by atoms with Crippen LogP contribution in [0.25, 0.3) is 10.9 Å². The summed E-state index contributed by atoms with van der Waals surface area (Å²) in [6.45, 7) is 5.06. The number of carbonyl (C=O) groups is 3. The number of hydrogen-bond donors (Lipinski definition) is 6. The molecular formula is C51H54N8O6S. The molecule has 15 heteroatoms. The Bertz CT molecular complexity index is 2730. The van der Waals surface area contributed by atoms with E-state index in [-0.39, 0.29) is 18.0 Å². The summed E-state index contributed by atoms with van der Waals surface area (Å²) >= 11 is 1.14. The molecule has 5 aromatic carbocycles. The molecule has 0 saturated heterocycles. The fourth-order valence-electron chi connectivity index (χ4n) is 8.12. The Hall–Kier alpha value is -7.20. The number of rotatable bonds is 21. The van der Waals surface area contributed by atoms with Crippen LogP contribution in [0.15, 0.2) is 150 Å². The van der Waals surface area contributed by atoms with Gasteiger partial charge in [0.05, 0.1) is 12.1 Å². The molecule has 0 fully saturated rings. The lowest BCUT2D eigenvalue weighted by atomic mass is 9.76. The van der Waals surface area contributed by atoms with Crippen LogP contribution in [0.4, 0.5) is 5.95 Å². The number of aromatic nitrogens is 3. The van der Waals surface area contributed by atoms with Gasteiger partial charge >= 0.3 is 5.97 Å². The summed E-state index contributed by atoms with van der Waals surface area (Å²) in [5.74, 6) is -0.650. The Kier molecular flexibility index (Phi) is 15.3. The number of fused-ring (bicyclic) bond motifs is 1. The van der Waals surface area contributed by atoms with E-state index in [1.165, 1.54) is 6.20 Å². The zero-order chi connectivity index (χ0) is 46.6. The normalized spacial score (nSPS) is 11.8. The standard InChI is InChI=1S/C51H54N8O6S/c1-34-28-40(65-27-13-20-45(60)53-24-23-52)29-35(2)47(34)66-57-43(49(63)64)32-55-48(62)42-33-58(3)44-30-36(21-22-41(44)46(42)61)31-56-50-54-25-26-59(50)51(37-14-7-4-8-15-37,38-16-9-5-10-17-38)39-18-11-6-12-19-39/h4-12,14-19,21-22,25-26,28-30,33,43,57H,13,20,23-24,27,31-32,52H2,1-3H3,(H,53,60)(H,54,56)(H,55,62)(H,63,64). The number of hydrogen-bond acceptors (Lipinski definition) is 10. The summed E-state index contributed by atoms with van der Waals surface area (Å²) in [5.41, 5.74) is 10.5. The highest BCUT2D eigenvalue weighted by Gasteiger charge is 2.39. The summed E-state index contributed by atoms with van der Waals surface area (Å²) in [6.07, 6.45) is 6.11. The minimum Gasteiger partial charge on any atom is -0.494 e. The largest absolute Gasteiger partial charge is 0.494 e. The Morgan fingerprint density at radius 2 is 1.48 bits per heavy atom. The molecule has 0 radical (unpaired) electrons. The van der Waals surface area contributed by atoms with Gasteiger partial charge in [0.1, 0.15) is 22.9 Å². The molecule has 2 amide bonds. The van der Waals surface area contributed by atoms with Crippen molar-refractivity contribution in [1.82, 2.24) is 29.5 Å². The van der Waals surface area contributed by atoms with E-state index in [1.807, 2.05) is 98.9 Å². The highest BCUT2D eigenvalue weighted by Crippen LogP contribution is 2.42. The average Bonchev–Trinajstić information content (AvgIpc) is 3.80.